The molecular formula is C24H27N3O3. The maximum Gasteiger partial charge on any atom is 0.271 e. The molecule has 0 bridgehead atoms. The summed E-state index contributed by atoms with van der Waals surface area (Å²) in [5.74, 6) is 0.442. The highest BCUT2D eigenvalue weighted by Gasteiger charge is 2.48. The van der Waals surface area contributed by atoms with Gasteiger partial charge >= 0.3 is 0 Å². The number of carbonyl (C=O) groups is 2. The van der Waals surface area contributed by atoms with Crippen molar-refractivity contribution in [2.45, 2.75) is 63.7 Å². The van der Waals surface area contributed by atoms with Crippen LogP contribution >= 0.6 is 0 Å². The largest absolute Gasteiger partial charge is 0.467 e. The maximum atomic E-state index is 13.6. The Morgan fingerprint density at radius 2 is 1.97 bits per heavy atom. The standard InChI is InChI=1S/C24H27N3O3/c1-24(23(29)25-18-9-3-2-4-10-18)16-26-20-12-6-5-8-17(20)14-21(26)22(28)27(24)15-19-11-7-13-30-19/h5-8,11-14,18H,2-4,9-10,15-16H2,1H3,(H,25,29). The monoisotopic (exact) mass is 405 g/mol. The third kappa shape index (κ3) is 3.11. The van der Waals surface area contributed by atoms with Crippen LogP contribution in [0.4, 0.5) is 0 Å². The molecule has 5 rings (SSSR count). The predicted octanol–water partition coefficient (Wildman–Crippen LogP) is 4.10. The Balaban J connectivity index is 1.54. The third-order valence-corrected chi connectivity index (χ3v) is 6.66. The molecule has 30 heavy (non-hydrogen) atoms. The predicted molar refractivity (Wildman–Crippen MR) is 114 cm³/mol. The van der Waals surface area contributed by atoms with Crippen LogP contribution in [0.5, 0.6) is 0 Å². The topological polar surface area (TPSA) is 67.5 Å². The quantitative estimate of drug-likeness (QED) is 0.711. The normalized spacial score (nSPS) is 22.3. The van der Waals surface area contributed by atoms with Crippen molar-refractivity contribution in [1.82, 2.24) is 14.8 Å². The molecule has 0 saturated heterocycles. The molecule has 1 aromatic carbocycles. The molecule has 1 unspecified atom stereocenters. The van der Waals surface area contributed by atoms with E-state index in [0.717, 1.165) is 36.6 Å². The lowest BCUT2D eigenvalue weighted by atomic mass is 9.91. The van der Waals surface area contributed by atoms with Gasteiger partial charge in [0.2, 0.25) is 5.91 Å². The van der Waals surface area contributed by atoms with Crippen LogP contribution in [0.2, 0.25) is 0 Å². The van der Waals surface area contributed by atoms with E-state index in [-0.39, 0.29) is 24.4 Å². The number of nitrogens with one attached hydrogen (secondary N) is 1. The average Bonchev–Trinajstić information content (AvgIpc) is 3.40. The first kappa shape index (κ1) is 19.0. The van der Waals surface area contributed by atoms with Gasteiger partial charge in [0.1, 0.15) is 17.0 Å². The third-order valence-electron chi connectivity index (χ3n) is 6.66. The van der Waals surface area contributed by atoms with Crippen LogP contribution in [-0.4, -0.2) is 32.9 Å². The minimum Gasteiger partial charge on any atom is -0.467 e. The fourth-order valence-electron chi connectivity index (χ4n) is 4.90. The summed E-state index contributed by atoms with van der Waals surface area (Å²) in [4.78, 5) is 28.9. The minimum atomic E-state index is -1.00. The van der Waals surface area contributed by atoms with Crippen molar-refractivity contribution in [3.8, 4) is 0 Å². The summed E-state index contributed by atoms with van der Waals surface area (Å²) < 4.78 is 7.52. The van der Waals surface area contributed by atoms with Crippen molar-refractivity contribution < 1.29 is 14.0 Å². The average molecular weight is 405 g/mol. The summed E-state index contributed by atoms with van der Waals surface area (Å²) >= 11 is 0. The van der Waals surface area contributed by atoms with Crippen molar-refractivity contribution in [2.75, 3.05) is 0 Å². The molecule has 2 aromatic heterocycles. The van der Waals surface area contributed by atoms with Gasteiger partial charge in [-0.05, 0) is 44.0 Å². The molecular weight excluding hydrogens is 378 g/mol. The van der Waals surface area contributed by atoms with Gasteiger partial charge < -0.3 is 19.2 Å². The summed E-state index contributed by atoms with van der Waals surface area (Å²) in [6.45, 7) is 2.56. The van der Waals surface area contributed by atoms with Crippen LogP contribution < -0.4 is 5.32 Å². The first-order chi connectivity index (χ1) is 14.6. The van der Waals surface area contributed by atoms with Gasteiger partial charge in [-0.3, -0.25) is 9.59 Å². The van der Waals surface area contributed by atoms with Crippen molar-refractivity contribution >= 4 is 22.7 Å². The number of carbonyl (C=O) groups excluding carboxylic acids is 2. The Labute approximate surface area is 175 Å². The van der Waals surface area contributed by atoms with E-state index in [9.17, 15) is 9.59 Å². The number of benzene rings is 1. The fourth-order valence-corrected chi connectivity index (χ4v) is 4.90. The van der Waals surface area contributed by atoms with Crippen molar-refractivity contribution in [3.05, 3.63) is 60.2 Å². The smallest absolute Gasteiger partial charge is 0.271 e. The van der Waals surface area contributed by atoms with Crippen LogP contribution in [0.3, 0.4) is 0 Å². The molecule has 3 heterocycles. The molecule has 3 aromatic rings. The van der Waals surface area contributed by atoms with Gasteiger partial charge in [0.15, 0.2) is 0 Å². The lowest BCUT2D eigenvalue weighted by Crippen LogP contribution is -2.64. The van der Waals surface area contributed by atoms with Gasteiger partial charge in [-0.25, -0.2) is 0 Å². The number of nitrogens with zero attached hydrogens (tertiary/aromatic N) is 2. The molecule has 6 nitrogen and oxygen atoms in total. The lowest BCUT2D eigenvalue weighted by molar-refractivity contribution is -0.134. The van der Waals surface area contributed by atoms with Gasteiger partial charge in [0.05, 0.1) is 19.4 Å². The number of furan rings is 1. The summed E-state index contributed by atoms with van der Waals surface area (Å²) in [7, 11) is 0. The molecule has 1 aliphatic heterocycles. The summed E-state index contributed by atoms with van der Waals surface area (Å²) in [6.07, 6.45) is 7.12. The van der Waals surface area contributed by atoms with Gasteiger partial charge in [-0.1, -0.05) is 37.5 Å². The first-order valence-electron chi connectivity index (χ1n) is 10.8. The van der Waals surface area contributed by atoms with Crippen LogP contribution in [0.25, 0.3) is 10.9 Å². The fraction of sp³-hybridized carbons (Fsp3) is 0.417. The highest BCUT2D eigenvalue weighted by Crippen LogP contribution is 2.34. The SMILES string of the molecule is CC1(C(=O)NC2CCCCC2)Cn2c(cc3ccccc32)C(=O)N1Cc1ccco1. The van der Waals surface area contributed by atoms with Gasteiger partial charge in [0.25, 0.3) is 5.91 Å². The number of hydrogen-bond acceptors (Lipinski definition) is 3. The number of aromatic nitrogens is 1. The van der Waals surface area contributed by atoms with E-state index < -0.39 is 5.54 Å². The van der Waals surface area contributed by atoms with E-state index in [1.807, 2.05) is 47.9 Å². The zero-order valence-corrected chi connectivity index (χ0v) is 17.3. The Morgan fingerprint density at radius 3 is 2.73 bits per heavy atom. The Bertz CT molecular complexity index is 1080. The summed E-state index contributed by atoms with van der Waals surface area (Å²) in [6, 6.07) is 13.7. The van der Waals surface area contributed by atoms with Crippen molar-refractivity contribution in [1.29, 1.82) is 0 Å². The molecule has 6 heteroatoms. The molecule has 1 N–H and O–H groups in total. The number of hydrogen-bond donors (Lipinski definition) is 1. The van der Waals surface area contributed by atoms with Crippen LogP contribution in [0.1, 0.15) is 55.3 Å². The minimum absolute atomic E-state index is 0.0854. The second kappa shape index (κ2) is 7.35. The van der Waals surface area contributed by atoms with E-state index in [1.54, 1.807) is 17.2 Å². The zero-order chi connectivity index (χ0) is 20.7. The highest BCUT2D eigenvalue weighted by molar-refractivity contribution is 6.03. The Kier molecular flexibility index (Phi) is 4.65. The second-order valence-corrected chi connectivity index (χ2v) is 8.73. The second-order valence-electron chi connectivity index (χ2n) is 8.73. The van der Waals surface area contributed by atoms with Crippen LogP contribution in [-0.2, 0) is 17.9 Å². The molecule has 156 valence electrons. The Morgan fingerprint density at radius 1 is 1.17 bits per heavy atom. The number of fused-ring (bicyclic) bond motifs is 3. The molecule has 0 spiro atoms. The van der Waals surface area contributed by atoms with Gasteiger partial charge in [-0.15, -0.1) is 0 Å². The molecule has 1 saturated carbocycles. The van der Waals surface area contributed by atoms with Crippen molar-refractivity contribution in [2.24, 2.45) is 0 Å². The molecule has 1 aliphatic carbocycles. The number of para-hydroxylation sites is 1. The van der Waals surface area contributed by atoms with Gasteiger partial charge in [-0.2, -0.15) is 0 Å². The van der Waals surface area contributed by atoms with E-state index in [0.29, 0.717) is 18.0 Å². The lowest BCUT2D eigenvalue weighted by Gasteiger charge is -2.44. The van der Waals surface area contributed by atoms with E-state index in [4.69, 9.17) is 4.42 Å². The maximum absolute atomic E-state index is 13.6. The Hall–Kier alpha value is -3.02. The molecule has 0 radical (unpaired) electrons. The van der Waals surface area contributed by atoms with E-state index in [2.05, 4.69) is 5.32 Å². The first-order valence-corrected chi connectivity index (χ1v) is 10.8. The zero-order valence-electron chi connectivity index (χ0n) is 17.3. The van der Waals surface area contributed by atoms with E-state index >= 15 is 0 Å². The van der Waals surface area contributed by atoms with Gasteiger partial charge in [0, 0.05) is 16.9 Å². The molecule has 2 amide bonds. The van der Waals surface area contributed by atoms with Crippen LogP contribution in [0.15, 0.2) is 53.1 Å². The van der Waals surface area contributed by atoms with Crippen molar-refractivity contribution in [3.63, 3.8) is 0 Å². The molecule has 2 aliphatic rings. The van der Waals surface area contributed by atoms with E-state index in [1.165, 1.54) is 6.42 Å². The number of amides is 2. The van der Waals surface area contributed by atoms with Crippen LogP contribution in [0, 0.1) is 0 Å². The number of rotatable bonds is 4. The summed E-state index contributed by atoms with van der Waals surface area (Å²) in [5.41, 5.74) is 0.594. The highest BCUT2D eigenvalue weighted by atomic mass is 16.3. The molecule has 1 fully saturated rings. The molecule has 1 atom stereocenters. The summed E-state index contributed by atoms with van der Waals surface area (Å²) in [5, 5.41) is 4.26.